The van der Waals surface area contributed by atoms with Gasteiger partial charge in [-0.1, -0.05) is 6.08 Å². The SMILES string of the molecule is Cc1cc(C2=CC3CC2N(C(=O)CN2Cc4cc(F)ccc4NC2=O)C3)ccn1. The Morgan fingerprint density at radius 1 is 1.31 bits per heavy atom. The molecule has 2 aromatic rings. The lowest BCUT2D eigenvalue weighted by atomic mass is 10.0. The van der Waals surface area contributed by atoms with Gasteiger partial charge in [0.2, 0.25) is 5.91 Å². The summed E-state index contributed by atoms with van der Waals surface area (Å²) in [5, 5.41) is 2.74. The predicted octanol–water partition coefficient (Wildman–Crippen LogP) is 3.19. The van der Waals surface area contributed by atoms with Crippen molar-refractivity contribution in [3.8, 4) is 0 Å². The first-order chi connectivity index (χ1) is 14.0. The third-order valence-electron chi connectivity index (χ3n) is 5.94. The summed E-state index contributed by atoms with van der Waals surface area (Å²) >= 11 is 0. The van der Waals surface area contributed by atoms with E-state index in [1.165, 1.54) is 17.0 Å². The van der Waals surface area contributed by atoms with E-state index in [0.29, 0.717) is 23.7 Å². The molecule has 3 aliphatic rings. The maximum atomic E-state index is 13.5. The molecule has 2 bridgehead atoms. The van der Waals surface area contributed by atoms with Crippen molar-refractivity contribution in [2.45, 2.75) is 25.9 Å². The molecule has 1 fully saturated rings. The van der Waals surface area contributed by atoms with Gasteiger partial charge in [0, 0.05) is 24.1 Å². The number of rotatable bonds is 3. The van der Waals surface area contributed by atoms with E-state index in [9.17, 15) is 14.0 Å². The van der Waals surface area contributed by atoms with Crippen LogP contribution in [0.4, 0.5) is 14.9 Å². The number of fused-ring (bicyclic) bond motifs is 3. The fraction of sp³-hybridized carbons (Fsp3) is 0.318. The summed E-state index contributed by atoms with van der Waals surface area (Å²) in [6, 6.07) is 7.99. The highest BCUT2D eigenvalue weighted by molar-refractivity contribution is 5.95. The number of amides is 3. The second kappa shape index (κ2) is 6.69. The molecule has 1 aromatic carbocycles. The number of urea groups is 1. The third kappa shape index (κ3) is 3.16. The Morgan fingerprint density at radius 3 is 2.97 bits per heavy atom. The molecule has 1 N–H and O–H groups in total. The zero-order valence-corrected chi connectivity index (χ0v) is 16.1. The molecule has 0 saturated carbocycles. The summed E-state index contributed by atoms with van der Waals surface area (Å²) in [5.41, 5.74) is 4.48. The van der Waals surface area contributed by atoms with Crippen LogP contribution in [0.15, 0.2) is 42.6 Å². The van der Waals surface area contributed by atoms with Crippen molar-refractivity contribution in [3.05, 3.63) is 65.2 Å². The largest absolute Gasteiger partial charge is 0.333 e. The molecule has 6 nitrogen and oxygen atoms in total. The standard InChI is InChI=1S/C22H21FN4O2/c1-13-6-15(4-5-24-13)18-7-14-8-20(18)27(10-14)21(28)12-26-11-16-9-17(23)2-3-19(16)25-22(26)29/h2-7,9,14,20H,8,10-12H2,1H3,(H,25,29). The highest BCUT2D eigenvalue weighted by atomic mass is 19.1. The molecule has 2 atom stereocenters. The van der Waals surface area contributed by atoms with Crippen molar-refractivity contribution in [1.29, 1.82) is 0 Å². The van der Waals surface area contributed by atoms with Gasteiger partial charge in [-0.15, -0.1) is 0 Å². The van der Waals surface area contributed by atoms with E-state index in [1.807, 2.05) is 24.0 Å². The first kappa shape index (κ1) is 17.8. The molecule has 7 heteroatoms. The number of hydrogen-bond acceptors (Lipinski definition) is 3. The molecule has 0 spiro atoms. The van der Waals surface area contributed by atoms with E-state index in [2.05, 4.69) is 16.4 Å². The van der Waals surface area contributed by atoms with Gasteiger partial charge in [0.15, 0.2) is 0 Å². The maximum Gasteiger partial charge on any atom is 0.322 e. The molecule has 2 aliphatic heterocycles. The van der Waals surface area contributed by atoms with Gasteiger partial charge in [-0.3, -0.25) is 9.78 Å². The van der Waals surface area contributed by atoms with Crippen molar-refractivity contribution >= 4 is 23.2 Å². The van der Waals surface area contributed by atoms with Gasteiger partial charge in [0.1, 0.15) is 12.4 Å². The normalized spacial score (nSPS) is 22.4. The van der Waals surface area contributed by atoms with Gasteiger partial charge in [-0.05, 0) is 66.3 Å². The lowest BCUT2D eigenvalue weighted by Crippen LogP contribution is -2.48. The van der Waals surface area contributed by atoms with Gasteiger partial charge in [0.25, 0.3) is 0 Å². The van der Waals surface area contributed by atoms with Crippen LogP contribution in [0.3, 0.4) is 0 Å². The first-order valence-electron chi connectivity index (χ1n) is 9.76. The molecule has 5 rings (SSSR count). The molecule has 0 radical (unpaired) electrons. The van der Waals surface area contributed by atoms with Crippen molar-refractivity contribution in [2.75, 3.05) is 18.4 Å². The minimum atomic E-state index is -0.356. The Morgan fingerprint density at radius 2 is 2.17 bits per heavy atom. The molecule has 1 aliphatic carbocycles. The Labute approximate surface area is 168 Å². The lowest BCUT2D eigenvalue weighted by Gasteiger charge is -2.33. The number of aryl methyl sites for hydroxylation is 1. The van der Waals surface area contributed by atoms with Gasteiger partial charge in [-0.2, -0.15) is 0 Å². The van der Waals surface area contributed by atoms with Crippen molar-refractivity contribution in [2.24, 2.45) is 5.92 Å². The number of hydrogen-bond donors (Lipinski definition) is 1. The molecular formula is C22H21FN4O2. The summed E-state index contributed by atoms with van der Waals surface area (Å²) in [5.74, 6) is -0.0910. The summed E-state index contributed by atoms with van der Waals surface area (Å²) in [6.07, 6.45) is 4.97. The summed E-state index contributed by atoms with van der Waals surface area (Å²) in [7, 11) is 0. The van der Waals surface area contributed by atoms with E-state index >= 15 is 0 Å². The van der Waals surface area contributed by atoms with E-state index in [0.717, 1.165) is 23.3 Å². The molecule has 1 aromatic heterocycles. The van der Waals surface area contributed by atoms with Gasteiger partial charge < -0.3 is 15.1 Å². The van der Waals surface area contributed by atoms with Crippen LogP contribution in [0.1, 0.15) is 23.2 Å². The summed E-state index contributed by atoms with van der Waals surface area (Å²) in [6.45, 7) is 2.83. The van der Waals surface area contributed by atoms with Crippen LogP contribution in [0.2, 0.25) is 0 Å². The van der Waals surface area contributed by atoms with Gasteiger partial charge >= 0.3 is 6.03 Å². The number of carbonyl (C=O) groups excluding carboxylic acids is 2. The molecule has 3 heterocycles. The van der Waals surface area contributed by atoms with Crippen LogP contribution in [-0.4, -0.2) is 45.9 Å². The van der Waals surface area contributed by atoms with Crippen molar-refractivity contribution in [1.82, 2.24) is 14.8 Å². The zero-order chi connectivity index (χ0) is 20.1. The third-order valence-corrected chi connectivity index (χ3v) is 5.94. The molecule has 2 unspecified atom stereocenters. The molecule has 1 saturated heterocycles. The average molecular weight is 392 g/mol. The Bertz CT molecular complexity index is 1050. The van der Waals surface area contributed by atoms with Crippen LogP contribution < -0.4 is 5.32 Å². The zero-order valence-electron chi connectivity index (χ0n) is 16.1. The minimum absolute atomic E-state index is 0.0202. The van der Waals surface area contributed by atoms with Crippen LogP contribution >= 0.6 is 0 Å². The van der Waals surface area contributed by atoms with Crippen molar-refractivity contribution < 1.29 is 14.0 Å². The Kier molecular flexibility index (Phi) is 4.12. The smallest absolute Gasteiger partial charge is 0.322 e. The van der Waals surface area contributed by atoms with Crippen LogP contribution in [-0.2, 0) is 11.3 Å². The monoisotopic (exact) mass is 392 g/mol. The van der Waals surface area contributed by atoms with E-state index in [-0.39, 0.29) is 36.9 Å². The number of pyridine rings is 1. The second-order valence-corrected chi connectivity index (χ2v) is 7.95. The van der Waals surface area contributed by atoms with E-state index < -0.39 is 0 Å². The minimum Gasteiger partial charge on any atom is -0.333 e. The molecular weight excluding hydrogens is 371 g/mol. The quantitative estimate of drug-likeness (QED) is 0.873. The highest BCUT2D eigenvalue weighted by Crippen LogP contribution is 2.41. The number of anilines is 1. The fourth-order valence-corrected chi connectivity index (χ4v) is 4.61. The number of nitrogens with one attached hydrogen (secondary N) is 1. The number of nitrogens with zero attached hydrogens (tertiary/aromatic N) is 3. The fourth-order valence-electron chi connectivity index (χ4n) is 4.61. The highest BCUT2D eigenvalue weighted by Gasteiger charge is 2.42. The van der Waals surface area contributed by atoms with Crippen LogP contribution in [0.25, 0.3) is 5.57 Å². The number of halogens is 1. The Hall–Kier alpha value is -3.22. The number of aromatic nitrogens is 1. The van der Waals surface area contributed by atoms with Crippen LogP contribution in [0, 0.1) is 18.7 Å². The molecule has 29 heavy (non-hydrogen) atoms. The predicted molar refractivity (Wildman–Crippen MR) is 106 cm³/mol. The summed E-state index contributed by atoms with van der Waals surface area (Å²) < 4.78 is 13.5. The summed E-state index contributed by atoms with van der Waals surface area (Å²) in [4.78, 5) is 33.0. The number of likely N-dealkylation sites (tertiary alicyclic amines) is 1. The second-order valence-electron chi connectivity index (χ2n) is 7.95. The lowest BCUT2D eigenvalue weighted by molar-refractivity contribution is -0.132. The average Bonchev–Trinajstić information content (AvgIpc) is 3.30. The van der Waals surface area contributed by atoms with Crippen LogP contribution in [0.5, 0.6) is 0 Å². The van der Waals surface area contributed by atoms with E-state index in [1.54, 1.807) is 12.3 Å². The first-order valence-corrected chi connectivity index (χ1v) is 9.76. The van der Waals surface area contributed by atoms with Gasteiger partial charge in [0.05, 0.1) is 12.6 Å². The Balaban J connectivity index is 1.32. The number of benzene rings is 1. The van der Waals surface area contributed by atoms with Crippen molar-refractivity contribution in [3.63, 3.8) is 0 Å². The topological polar surface area (TPSA) is 65.5 Å². The molecule has 3 amide bonds. The number of carbonyl (C=O) groups is 2. The molecule has 148 valence electrons. The van der Waals surface area contributed by atoms with Gasteiger partial charge in [-0.25, -0.2) is 9.18 Å². The van der Waals surface area contributed by atoms with E-state index in [4.69, 9.17) is 0 Å². The maximum absolute atomic E-state index is 13.5.